The predicted octanol–water partition coefficient (Wildman–Crippen LogP) is 0.786. The number of carbonyl (C=O) groups is 2. The Morgan fingerprint density at radius 3 is 2.71 bits per heavy atom. The van der Waals surface area contributed by atoms with E-state index in [0.29, 0.717) is 18.7 Å². The molecule has 0 saturated carbocycles. The first-order valence-electron chi connectivity index (χ1n) is 5.44. The predicted molar refractivity (Wildman–Crippen MR) is 59.9 cm³/mol. The summed E-state index contributed by atoms with van der Waals surface area (Å²) in [6, 6.07) is 4.85. The minimum absolute atomic E-state index is 0.160. The first kappa shape index (κ1) is 11.6. The van der Waals surface area contributed by atoms with Crippen molar-refractivity contribution in [3.63, 3.8) is 0 Å². The van der Waals surface area contributed by atoms with Crippen LogP contribution in [0.5, 0.6) is 0 Å². The molecule has 1 N–H and O–H groups in total. The average Bonchev–Trinajstić information content (AvgIpc) is 2.33. The maximum absolute atomic E-state index is 12.7. The summed E-state index contributed by atoms with van der Waals surface area (Å²) in [5.74, 6) is -0.787. The summed E-state index contributed by atoms with van der Waals surface area (Å²) in [5, 5.41) is 2.68. The third-order valence-electron chi connectivity index (χ3n) is 2.85. The van der Waals surface area contributed by atoms with Gasteiger partial charge in [0.1, 0.15) is 11.9 Å². The SMILES string of the molecule is C[C@H]1C(=O)NCCN1C(=O)c1ccc(F)cc1. The third kappa shape index (κ3) is 2.27. The van der Waals surface area contributed by atoms with Gasteiger partial charge >= 0.3 is 0 Å². The standard InChI is InChI=1S/C12H13FN2O2/c1-8-11(16)14-6-7-15(8)12(17)9-2-4-10(13)5-3-9/h2-5,8H,6-7H2,1H3,(H,14,16)/t8-/m0/s1. The van der Waals surface area contributed by atoms with Crippen molar-refractivity contribution in [2.24, 2.45) is 0 Å². The van der Waals surface area contributed by atoms with E-state index in [2.05, 4.69) is 5.32 Å². The lowest BCUT2D eigenvalue weighted by Gasteiger charge is -2.32. The molecule has 2 rings (SSSR count). The Hall–Kier alpha value is -1.91. The Labute approximate surface area is 98.4 Å². The maximum atomic E-state index is 12.7. The van der Waals surface area contributed by atoms with E-state index in [9.17, 15) is 14.0 Å². The minimum atomic E-state index is -0.485. The number of hydrogen-bond donors (Lipinski definition) is 1. The van der Waals surface area contributed by atoms with Gasteiger partial charge in [-0.3, -0.25) is 9.59 Å². The third-order valence-corrected chi connectivity index (χ3v) is 2.85. The zero-order chi connectivity index (χ0) is 12.4. The van der Waals surface area contributed by atoms with Gasteiger partial charge in [0.25, 0.3) is 5.91 Å². The van der Waals surface area contributed by atoms with Crippen LogP contribution < -0.4 is 5.32 Å². The van der Waals surface area contributed by atoms with Crippen LogP contribution in [0.3, 0.4) is 0 Å². The van der Waals surface area contributed by atoms with Crippen LogP contribution in [-0.4, -0.2) is 35.8 Å². The van der Waals surface area contributed by atoms with Crippen molar-refractivity contribution in [2.75, 3.05) is 13.1 Å². The van der Waals surface area contributed by atoms with Crippen LogP contribution in [0.25, 0.3) is 0 Å². The fraction of sp³-hybridized carbons (Fsp3) is 0.333. The van der Waals surface area contributed by atoms with Crippen molar-refractivity contribution in [1.29, 1.82) is 0 Å². The summed E-state index contributed by atoms with van der Waals surface area (Å²) in [7, 11) is 0. The highest BCUT2D eigenvalue weighted by Gasteiger charge is 2.29. The molecule has 1 heterocycles. The van der Waals surface area contributed by atoms with E-state index in [-0.39, 0.29) is 17.6 Å². The van der Waals surface area contributed by atoms with Gasteiger partial charge in [-0.2, -0.15) is 0 Å². The Balaban J connectivity index is 2.19. The molecule has 4 nitrogen and oxygen atoms in total. The molecule has 1 fully saturated rings. The van der Waals surface area contributed by atoms with Crippen molar-refractivity contribution >= 4 is 11.8 Å². The lowest BCUT2D eigenvalue weighted by molar-refractivity contribution is -0.127. The van der Waals surface area contributed by atoms with Crippen molar-refractivity contribution in [1.82, 2.24) is 10.2 Å². The fourth-order valence-corrected chi connectivity index (χ4v) is 1.82. The van der Waals surface area contributed by atoms with Crippen LogP contribution in [0.15, 0.2) is 24.3 Å². The highest BCUT2D eigenvalue weighted by atomic mass is 19.1. The van der Waals surface area contributed by atoms with Crippen molar-refractivity contribution in [3.8, 4) is 0 Å². The first-order valence-corrected chi connectivity index (χ1v) is 5.44. The highest BCUT2D eigenvalue weighted by Crippen LogP contribution is 2.11. The Bertz CT molecular complexity index is 444. The van der Waals surface area contributed by atoms with E-state index < -0.39 is 6.04 Å². The largest absolute Gasteiger partial charge is 0.353 e. The van der Waals surface area contributed by atoms with Gasteiger partial charge in [0.05, 0.1) is 0 Å². The zero-order valence-electron chi connectivity index (χ0n) is 9.44. The molecule has 1 atom stereocenters. The van der Waals surface area contributed by atoms with Crippen LogP contribution in [0.4, 0.5) is 4.39 Å². The van der Waals surface area contributed by atoms with E-state index in [1.807, 2.05) is 0 Å². The second kappa shape index (κ2) is 4.53. The summed E-state index contributed by atoms with van der Waals surface area (Å²) in [4.78, 5) is 25.0. The van der Waals surface area contributed by atoms with Crippen LogP contribution in [0.2, 0.25) is 0 Å². The molecular weight excluding hydrogens is 223 g/mol. The topological polar surface area (TPSA) is 49.4 Å². The van der Waals surface area contributed by atoms with Gasteiger partial charge in [-0.15, -0.1) is 0 Å². The molecule has 5 heteroatoms. The van der Waals surface area contributed by atoms with Gasteiger partial charge in [-0.1, -0.05) is 0 Å². The monoisotopic (exact) mass is 236 g/mol. The molecule has 0 bridgehead atoms. The lowest BCUT2D eigenvalue weighted by Crippen LogP contribution is -2.55. The number of benzene rings is 1. The molecular formula is C12H13FN2O2. The number of amides is 2. The molecule has 0 spiro atoms. The van der Waals surface area contributed by atoms with E-state index >= 15 is 0 Å². The van der Waals surface area contributed by atoms with Crippen molar-refractivity contribution in [2.45, 2.75) is 13.0 Å². The van der Waals surface area contributed by atoms with Crippen molar-refractivity contribution in [3.05, 3.63) is 35.6 Å². The molecule has 1 aliphatic heterocycles. The van der Waals surface area contributed by atoms with Crippen LogP contribution >= 0.6 is 0 Å². The van der Waals surface area contributed by atoms with Crippen molar-refractivity contribution < 1.29 is 14.0 Å². The first-order chi connectivity index (χ1) is 8.09. The van der Waals surface area contributed by atoms with Gasteiger partial charge in [0, 0.05) is 18.7 Å². The maximum Gasteiger partial charge on any atom is 0.254 e. The van der Waals surface area contributed by atoms with Crippen LogP contribution in [-0.2, 0) is 4.79 Å². The lowest BCUT2D eigenvalue weighted by atomic mass is 10.1. The average molecular weight is 236 g/mol. The molecule has 0 unspecified atom stereocenters. The molecule has 1 aromatic carbocycles. The van der Waals surface area contributed by atoms with Gasteiger partial charge in [-0.25, -0.2) is 4.39 Å². The van der Waals surface area contributed by atoms with Crippen LogP contribution in [0, 0.1) is 5.82 Å². The van der Waals surface area contributed by atoms with Gasteiger partial charge in [0.2, 0.25) is 5.91 Å². The summed E-state index contributed by atoms with van der Waals surface area (Å²) >= 11 is 0. The number of piperazine rings is 1. The van der Waals surface area contributed by atoms with Gasteiger partial charge in [-0.05, 0) is 31.2 Å². The molecule has 1 aliphatic rings. The number of carbonyl (C=O) groups excluding carboxylic acids is 2. The Morgan fingerprint density at radius 1 is 1.41 bits per heavy atom. The molecule has 0 aromatic heterocycles. The molecule has 2 amide bonds. The minimum Gasteiger partial charge on any atom is -0.353 e. The summed E-state index contributed by atoms with van der Waals surface area (Å²) in [6.07, 6.45) is 0. The number of nitrogens with zero attached hydrogens (tertiary/aromatic N) is 1. The number of nitrogens with one attached hydrogen (secondary N) is 1. The highest BCUT2D eigenvalue weighted by molar-refractivity contribution is 5.98. The molecule has 0 radical (unpaired) electrons. The number of hydrogen-bond acceptors (Lipinski definition) is 2. The molecule has 1 saturated heterocycles. The van der Waals surface area contributed by atoms with Gasteiger partial charge < -0.3 is 10.2 Å². The summed E-state index contributed by atoms with van der Waals surface area (Å²) in [5.41, 5.74) is 0.396. The number of halogens is 1. The van der Waals surface area contributed by atoms with E-state index in [1.165, 1.54) is 29.2 Å². The van der Waals surface area contributed by atoms with E-state index in [4.69, 9.17) is 0 Å². The fourth-order valence-electron chi connectivity index (χ4n) is 1.82. The molecule has 17 heavy (non-hydrogen) atoms. The van der Waals surface area contributed by atoms with Crippen LogP contribution in [0.1, 0.15) is 17.3 Å². The second-order valence-electron chi connectivity index (χ2n) is 3.97. The quantitative estimate of drug-likeness (QED) is 0.783. The Kier molecular flexibility index (Phi) is 3.08. The van der Waals surface area contributed by atoms with E-state index in [1.54, 1.807) is 6.92 Å². The normalized spacial score (nSPS) is 20.0. The summed E-state index contributed by atoms with van der Waals surface area (Å²) < 4.78 is 12.7. The molecule has 0 aliphatic carbocycles. The molecule has 1 aromatic rings. The number of rotatable bonds is 1. The molecule has 90 valence electrons. The Morgan fingerprint density at radius 2 is 2.06 bits per heavy atom. The summed E-state index contributed by atoms with van der Waals surface area (Å²) in [6.45, 7) is 2.61. The smallest absolute Gasteiger partial charge is 0.254 e. The van der Waals surface area contributed by atoms with E-state index in [0.717, 1.165) is 0 Å². The zero-order valence-corrected chi connectivity index (χ0v) is 9.44. The van der Waals surface area contributed by atoms with Gasteiger partial charge in [0.15, 0.2) is 0 Å². The second-order valence-corrected chi connectivity index (χ2v) is 3.97.